The number of nitrogens with two attached hydrogens (primary N) is 1. The molecular formula is C22H20FN5O4. The summed E-state index contributed by atoms with van der Waals surface area (Å²) in [5, 5.41) is 13.9. The second-order valence-electron chi connectivity index (χ2n) is 8.37. The Bertz CT molecular complexity index is 1300. The van der Waals surface area contributed by atoms with Gasteiger partial charge in [-0.15, -0.1) is 0 Å². The number of hydrogen-bond acceptors (Lipinski definition) is 7. The summed E-state index contributed by atoms with van der Waals surface area (Å²) in [5.41, 5.74) is 5.08. The first-order chi connectivity index (χ1) is 15.2. The van der Waals surface area contributed by atoms with Crippen LogP contribution in [0.3, 0.4) is 0 Å². The molecule has 3 aromatic rings. The minimum absolute atomic E-state index is 0.0210. The number of carbonyl (C=O) groups is 1. The van der Waals surface area contributed by atoms with Crippen LogP contribution in [0.5, 0.6) is 5.75 Å². The summed E-state index contributed by atoms with van der Waals surface area (Å²) in [5.74, 6) is 5.50. The number of fused-ring (bicyclic) bond motifs is 3. The number of nitrogens with zero attached hydrogens (tertiary/aromatic N) is 4. The Balaban J connectivity index is 1.69. The fourth-order valence-electron chi connectivity index (χ4n) is 3.52. The van der Waals surface area contributed by atoms with Crippen molar-refractivity contribution in [2.45, 2.75) is 44.8 Å². The molecule has 164 valence electrons. The maximum atomic E-state index is 14.6. The van der Waals surface area contributed by atoms with Crippen LogP contribution in [-0.2, 0) is 6.54 Å². The van der Waals surface area contributed by atoms with Crippen molar-refractivity contribution in [2.75, 3.05) is 6.61 Å². The van der Waals surface area contributed by atoms with Crippen LogP contribution >= 0.6 is 0 Å². The summed E-state index contributed by atoms with van der Waals surface area (Å²) in [6.07, 6.45) is 1.99. The molecule has 3 heterocycles. The maximum absolute atomic E-state index is 14.6. The molecule has 0 radical (unpaired) electrons. The number of hydrogen-bond donors (Lipinski definition) is 2. The number of halogens is 1. The quantitative estimate of drug-likeness (QED) is 0.601. The van der Waals surface area contributed by atoms with E-state index in [1.54, 1.807) is 4.57 Å². The van der Waals surface area contributed by atoms with Gasteiger partial charge >= 0.3 is 0 Å². The summed E-state index contributed by atoms with van der Waals surface area (Å²) in [6, 6.07) is 2.70. The summed E-state index contributed by atoms with van der Waals surface area (Å²) < 4.78 is 27.5. The van der Waals surface area contributed by atoms with Crippen LogP contribution in [0, 0.1) is 17.7 Å². The molecule has 1 aliphatic carbocycles. The number of benzene rings is 1. The Morgan fingerprint density at radius 3 is 2.81 bits per heavy atom. The van der Waals surface area contributed by atoms with Crippen LogP contribution in [-0.4, -0.2) is 42.9 Å². The van der Waals surface area contributed by atoms with Gasteiger partial charge in [0, 0.05) is 12.0 Å². The predicted molar refractivity (Wildman–Crippen MR) is 110 cm³/mol. The lowest BCUT2D eigenvalue weighted by molar-refractivity contribution is 0.0996. The number of aromatic nitrogens is 4. The maximum Gasteiger partial charge on any atom is 0.277 e. The van der Waals surface area contributed by atoms with E-state index in [-0.39, 0.29) is 35.4 Å². The summed E-state index contributed by atoms with van der Waals surface area (Å²) in [6.45, 7) is 3.50. The molecule has 5 rings (SSSR count). The molecule has 0 atom stereocenters. The van der Waals surface area contributed by atoms with Crippen LogP contribution in [0.15, 0.2) is 16.7 Å². The highest BCUT2D eigenvalue weighted by Gasteiger charge is 2.33. The third-order valence-corrected chi connectivity index (χ3v) is 5.17. The standard InChI is InChI=1S/C22H20FN5O4/c1-22(2,30)6-5-12-9-13-15(10-14(12)23)31-8-7-28-17(16(18(24)29)25-20(13)28)21-26-19(27-32-21)11-3-4-11/h9-11,30H,3-4,7-8H2,1-2H3,(H2,24,29). The fraction of sp³-hybridized carbons (Fsp3) is 0.364. The van der Waals surface area contributed by atoms with Crippen molar-refractivity contribution < 1.29 is 23.6 Å². The second-order valence-corrected chi connectivity index (χ2v) is 8.37. The van der Waals surface area contributed by atoms with E-state index in [9.17, 15) is 14.3 Å². The molecule has 1 fully saturated rings. The van der Waals surface area contributed by atoms with Crippen molar-refractivity contribution in [3.05, 3.63) is 35.0 Å². The van der Waals surface area contributed by atoms with E-state index in [0.717, 1.165) is 12.8 Å². The Labute approximate surface area is 182 Å². The second kappa shape index (κ2) is 7.17. The van der Waals surface area contributed by atoms with Gasteiger partial charge in [0.2, 0.25) is 0 Å². The molecule has 9 nitrogen and oxygen atoms in total. The summed E-state index contributed by atoms with van der Waals surface area (Å²) >= 11 is 0. The van der Waals surface area contributed by atoms with Crippen LogP contribution in [0.2, 0.25) is 0 Å². The summed E-state index contributed by atoms with van der Waals surface area (Å²) in [7, 11) is 0. The number of primary amides is 1. The molecule has 2 aliphatic rings. The zero-order chi connectivity index (χ0) is 22.6. The fourth-order valence-corrected chi connectivity index (χ4v) is 3.52. The van der Waals surface area contributed by atoms with Gasteiger partial charge in [0.05, 0.1) is 17.7 Å². The molecule has 3 N–H and O–H groups in total. The van der Waals surface area contributed by atoms with Gasteiger partial charge in [0.25, 0.3) is 11.8 Å². The molecular weight excluding hydrogens is 417 g/mol. The zero-order valence-electron chi connectivity index (χ0n) is 17.5. The first-order valence-electron chi connectivity index (χ1n) is 10.2. The lowest BCUT2D eigenvalue weighted by Gasteiger charge is -2.09. The van der Waals surface area contributed by atoms with Crippen LogP contribution in [0.1, 0.15) is 54.5 Å². The average molecular weight is 437 g/mol. The first-order valence-corrected chi connectivity index (χ1v) is 10.2. The van der Waals surface area contributed by atoms with E-state index < -0.39 is 17.3 Å². The lowest BCUT2D eigenvalue weighted by atomic mass is 10.1. The highest BCUT2D eigenvalue weighted by molar-refractivity contribution is 5.97. The number of imidazole rings is 1. The van der Waals surface area contributed by atoms with Gasteiger partial charge in [0.1, 0.15) is 35.3 Å². The van der Waals surface area contributed by atoms with Crippen molar-refractivity contribution >= 4 is 5.91 Å². The zero-order valence-corrected chi connectivity index (χ0v) is 17.5. The SMILES string of the molecule is CC(C)(O)C#Cc1cc2c(cc1F)OCCn1c-2nc(C(N)=O)c1-c1nc(C2CC2)no1. The third kappa shape index (κ3) is 3.61. The van der Waals surface area contributed by atoms with E-state index in [4.69, 9.17) is 15.0 Å². The topological polar surface area (TPSA) is 129 Å². The number of amides is 1. The average Bonchev–Trinajstić information content (AvgIpc) is 3.37. The minimum Gasteiger partial charge on any atom is -0.491 e. The van der Waals surface area contributed by atoms with Crippen molar-refractivity contribution in [1.82, 2.24) is 19.7 Å². The van der Waals surface area contributed by atoms with Gasteiger partial charge in [-0.2, -0.15) is 4.98 Å². The minimum atomic E-state index is -1.29. The smallest absolute Gasteiger partial charge is 0.277 e. The molecule has 0 unspecified atom stereocenters. The Morgan fingerprint density at radius 1 is 1.34 bits per heavy atom. The monoisotopic (exact) mass is 437 g/mol. The van der Waals surface area contributed by atoms with Gasteiger partial charge in [-0.1, -0.05) is 17.0 Å². The molecule has 1 aliphatic heterocycles. The van der Waals surface area contributed by atoms with Crippen molar-refractivity contribution in [1.29, 1.82) is 0 Å². The lowest BCUT2D eigenvalue weighted by Crippen LogP contribution is -2.14. The largest absolute Gasteiger partial charge is 0.491 e. The molecule has 1 aromatic carbocycles. The number of ether oxygens (including phenoxy) is 1. The third-order valence-electron chi connectivity index (χ3n) is 5.17. The van der Waals surface area contributed by atoms with E-state index >= 15 is 0 Å². The first kappa shape index (κ1) is 20.2. The van der Waals surface area contributed by atoms with E-state index in [1.807, 2.05) is 0 Å². The van der Waals surface area contributed by atoms with Crippen LogP contribution in [0.4, 0.5) is 4.39 Å². The molecule has 2 aromatic heterocycles. The summed E-state index contributed by atoms with van der Waals surface area (Å²) in [4.78, 5) is 21.1. The van der Waals surface area contributed by atoms with E-state index in [2.05, 4.69) is 27.0 Å². The molecule has 1 amide bonds. The van der Waals surface area contributed by atoms with Crippen molar-refractivity contribution in [3.63, 3.8) is 0 Å². The normalized spacial score (nSPS) is 15.1. The molecule has 0 bridgehead atoms. The molecule has 32 heavy (non-hydrogen) atoms. The van der Waals surface area contributed by atoms with Crippen molar-refractivity contribution in [3.8, 4) is 40.6 Å². The van der Waals surface area contributed by atoms with E-state index in [1.165, 1.54) is 26.0 Å². The highest BCUT2D eigenvalue weighted by Crippen LogP contribution is 2.41. The molecule has 0 saturated heterocycles. The van der Waals surface area contributed by atoms with Gasteiger partial charge < -0.3 is 24.7 Å². The number of aliphatic hydroxyl groups is 1. The van der Waals surface area contributed by atoms with Crippen LogP contribution < -0.4 is 10.5 Å². The Hall–Kier alpha value is -3.71. The molecule has 0 spiro atoms. The van der Waals surface area contributed by atoms with Crippen molar-refractivity contribution in [2.24, 2.45) is 5.73 Å². The van der Waals surface area contributed by atoms with Gasteiger partial charge in [0.15, 0.2) is 11.5 Å². The van der Waals surface area contributed by atoms with Gasteiger partial charge in [-0.25, -0.2) is 9.37 Å². The number of carbonyl (C=O) groups excluding carboxylic acids is 1. The van der Waals surface area contributed by atoms with Gasteiger partial charge in [-0.05, 0) is 32.8 Å². The molecule has 10 heteroatoms. The number of rotatable bonds is 3. The molecule has 1 saturated carbocycles. The van der Waals surface area contributed by atoms with Gasteiger partial charge in [-0.3, -0.25) is 4.79 Å². The highest BCUT2D eigenvalue weighted by atomic mass is 19.1. The van der Waals surface area contributed by atoms with E-state index in [0.29, 0.717) is 29.5 Å². The van der Waals surface area contributed by atoms with Crippen LogP contribution in [0.25, 0.3) is 23.0 Å². The Kier molecular flexibility index (Phi) is 4.53. The Morgan fingerprint density at radius 2 is 2.12 bits per heavy atom. The predicted octanol–water partition coefficient (Wildman–Crippen LogP) is 2.23.